The molecule has 0 radical (unpaired) electrons. The fraction of sp³-hybridized carbons (Fsp3) is 0.176. The van der Waals surface area contributed by atoms with Crippen LogP contribution in [-0.4, -0.2) is 10.9 Å². The van der Waals surface area contributed by atoms with Crippen molar-refractivity contribution in [1.82, 2.24) is 4.98 Å². The minimum atomic E-state index is -0.204. The van der Waals surface area contributed by atoms with Gasteiger partial charge in [-0.2, -0.15) is 0 Å². The number of nitrogens with one attached hydrogen (secondary N) is 1. The number of allylic oxidation sites excluding steroid dienone is 1. The molecule has 4 heteroatoms. The lowest BCUT2D eigenvalue weighted by Crippen LogP contribution is -2.12. The van der Waals surface area contributed by atoms with E-state index >= 15 is 0 Å². The Bertz CT molecular complexity index is 648. The molecule has 0 saturated carbocycles. The van der Waals surface area contributed by atoms with Gasteiger partial charge in [0, 0.05) is 11.8 Å². The number of rotatable bonds is 4. The van der Waals surface area contributed by atoms with Crippen molar-refractivity contribution in [2.45, 2.75) is 13.8 Å². The summed E-state index contributed by atoms with van der Waals surface area (Å²) < 4.78 is 0. The average Bonchev–Trinajstić information content (AvgIpc) is 2.48. The molecule has 21 heavy (non-hydrogen) atoms. The predicted molar refractivity (Wildman–Crippen MR) is 87.5 cm³/mol. The molecule has 1 aromatic heterocycles. The number of aromatic nitrogens is 1. The van der Waals surface area contributed by atoms with E-state index in [4.69, 9.17) is 11.6 Å². The molecule has 2 rings (SSSR count). The highest BCUT2D eigenvalue weighted by atomic mass is 35.5. The summed E-state index contributed by atoms with van der Waals surface area (Å²) in [6, 6.07) is 10.9. The van der Waals surface area contributed by atoms with E-state index in [0.717, 1.165) is 5.56 Å². The minimum absolute atomic E-state index is 0.204. The monoisotopic (exact) mass is 300 g/mol. The Morgan fingerprint density at radius 1 is 1.24 bits per heavy atom. The summed E-state index contributed by atoms with van der Waals surface area (Å²) in [6.45, 7) is 4.24. The normalized spacial score (nSPS) is 11.0. The van der Waals surface area contributed by atoms with Gasteiger partial charge in [-0.1, -0.05) is 49.7 Å². The van der Waals surface area contributed by atoms with Crippen molar-refractivity contribution in [3.8, 4) is 0 Å². The van der Waals surface area contributed by atoms with Crippen LogP contribution in [0.5, 0.6) is 0 Å². The molecule has 0 unspecified atom stereocenters. The van der Waals surface area contributed by atoms with E-state index in [0.29, 0.717) is 17.2 Å². The minimum Gasteiger partial charge on any atom is -0.319 e. The van der Waals surface area contributed by atoms with Crippen LogP contribution in [-0.2, 0) is 0 Å². The number of halogens is 1. The summed E-state index contributed by atoms with van der Waals surface area (Å²) in [5.74, 6) is 0.296. The van der Waals surface area contributed by atoms with Crippen molar-refractivity contribution in [3.05, 3.63) is 65.0 Å². The van der Waals surface area contributed by atoms with Gasteiger partial charge < -0.3 is 5.32 Å². The third-order valence-electron chi connectivity index (χ3n) is 2.85. The molecular weight excluding hydrogens is 284 g/mol. The van der Waals surface area contributed by atoms with Gasteiger partial charge in [0.2, 0.25) is 0 Å². The second kappa shape index (κ2) is 7.04. The van der Waals surface area contributed by atoms with Crippen LogP contribution in [0.2, 0.25) is 5.15 Å². The SMILES string of the molecule is CC(C)/C=C/c1ccc(C(=O)Nc2cccnc2Cl)cc1. The zero-order valence-electron chi connectivity index (χ0n) is 12.0. The number of hydrogen-bond acceptors (Lipinski definition) is 2. The molecule has 1 aromatic carbocycles. The molecule has 0 aliphatic rings. The van der Waals surface area contributed by atoms with Gasteiger partial charge in [0.15, 0.2) is 5.15 Å². The van der Waals surface area contributed by atoms with Crippen molar-refractivity contribution < 1.29 is 4.79 Å². The molecule has 3 nitrogen and oxygen atoms in total. The summed E-state index contributed by atoms with van der Waals surface area (Å²) in [7, 11) is 0. The van der Waals surface area contributed by atoms with Crippen molar-refractivity contribution >= 4 is 29.3 Å². The number of carbonyl (C=O) groups excluding carboxylic acids is 1. The summed E-state index contributed by atoms with van der Waals surface area (Å²) in [6.07, 6.45) is 5.74. The molecule has 0 saturated heterocycles. The molecular formula is C17H17ClN2O. The number of anilines is 1. The first-order valence-corrected chi connectivity index (χ1v) is 7.14. The standard InChI is InChI=1S/C17H17ClN2O/c1-12(2)5-6-13-7-9-14(10-8-13)17(21)20-15-4-3-11-19-16(15)18/h3-12H,1-2H3,(H,20,21)/b6-5+. The van der Waals surface area contributed by atoms with Gasteiger partial charge in [-0.25, -0.2) is 4.98 Å². The van der Waals surface area contributed by atoms with E-state index in [1.54, 1.807) is 30.5 Å². The van der Waals surface area contributed by atoms with Crippen molar-refractivity contribution in [3.63, 3.8) is 0 Å². The summed E-state index contributed by atoms with van der Waals surface area (Å²) in [4.78, 5) is 16.1. The van der Waals surface area contributed by atoms with Gasteiger partial charge in [-0.05, 0) is 35.7 Å². The first kappa shape index (κ1) is 15.3. The summed E-state index contributed by atoms with van der Waals surface area (Å²) in [5, 5.41) is 3.02. The number of hydrogen-bond donors (Lipinski definition) is 1. The molecule has 0 atom stereocenters. The lowest BCUT2D eigenvalue weighted by Gasteiger charge is -2.06. The van der Waals surface area contributed by atoms with Gasteiger partial charge >= 0.3 is 0 Å². The van der Waals surface area contributed by atoms with Gasteiger partial charge in [-0.3, -0.25) is 4.79 Å². The highest BCUT2D eigenvalue weighted by Crippen LogP contribution is 2.18. The van der Waals surface area contributed by atoms with Crippen molar-refractivity contribution in [2.75, 3.05) is 5.32 Å². The van der Waals surface area contributed by atoms with E-state index in [-0.39, 0.29) is 11.1 Å². The molecule has 0 bridgehead atoms. The zero-order chi connectivity index (χ0) is 15.2. The third kappa shape index (κ3) is 4.43. The Hall–Kier alpha value is -2.13. The molecule has 0 aliphatic heterocycles. The van der Waals surface area contributed by atoms with Crippen LogP contribution in [0.15, 0.2) is 48.7 Å². The predicted octanol–water partition coefficient (Wildman–Crippen LogP) is 4.66. The zero-order valence-corrected chi connectivity index (χ0v) is 12.8. The van der Waals surface area contributed by atoms with E-state index in [2.05, 4.69) is 30.2 Å². The molecule has 1 N–H and O–H groups in total. The van der Waals surface area contributed by atoms with Crippen LogP contribution in [0.3, 0.4) is 0 Å². The lowest BCUT2D eigenvalue weighted by atomic mass is 10.1. The van der Waals surface area contributed by atoms with E-state index < -0.39 is 0 Å². The summed E-state index contributed by atoms with van der Waals surface area (Å²) >= 11 is 5.92. The molecule has 0 aliphatic carbocycles. The number of pyridine rings is 1. The number of nitrogens with zero attached hydrogens (tertiary/aromatic N) is 1. The maximum atomic E-state index is 12.1. The molecule has 1 heterocycles. The van der Waals surface area contributed by atoms with Crippen molar-refractivity contribution in [1.29, 1.82) is 0 Å². The van der Waals surface area contributed by atoms with Crippen LogP contribution < -0.4 is 5.32 Å². The Morgan fingerprint density at radius 3 is 2.57 bits per heavy atom. The second-order valence-corrected chi connectivity index (χ2v) is 5.38. The molecule has 0 fully saturated rings. The molecule has 1 amide bonds. The Morgan fingerprint density at radius 2 is 1.95 bits per heavy atom. The van der Waals surface area contributed by atoms with Crippen molar-refractivity contribution in [2.24, 2.45) is 5.92 Å². The van der Waals surface area contributed by atoms with Crippen LogP contribution in [0.4, 0.5) is 5.69 Å². The topological polar surface area (TPSA) is 42.0 Å². The molecule has 0 spiro atoms. The van der Waals surface area contributed by atoms with Crippen LogP contribution >= 0.6 is 11.6 Å². The van der Waals surface area contributed by atoms with Gasteiger partial charge in [0.1, 0.15) is 0 Å². The fourth-order valence-corrected chi connectivity index (χ4v) is 1.89. The van der Waals surface area contributed by atoms with Crippen LogP contribution in [0.25, 0.3) is 6.08 Å². The average molecular weight is 301 g/mol. The number of carbonyl (C=O) groups is 1. The highest BCUT2D eigenvalue weighted by molar-refractivity contribution is 6.32. The van der Waals surface area contributed by atoms with Gasteiger partial charge in [0.05, 0.1) is 5.69 Å². The highest BCUT2D eigenvalue weighted by Gasteiger charge is 2.08. The quantitative estimate of drug-likeness (QED) is 0.835. The smallest absolute Gasteiger partial charge is 0.255 e. The summed E-state index contributed by atoms with van der Waals surface area (Å²) in [5.41, 5.74) is 2.16. The van der Waals surface area contributed by atoms with Crippen LogP contribution in [0, 0.1) is 5.92 Å². The largest absolute Gasteiger partial charge is 0.319 e. The Balaban J connectivity index is 2.08. The number of amides is 1. The van der Waals surface area contributed by atoms with Crippen LogP contribution in [0.1, 0.15) is 29.8 Å². The van der Waals surface area contributed by atoms with E-state index in [1.807, 2.05) is 18.2 Å². The van der Waals surface area contributed by atoms with Gasteiger partial charge in [0.25, 0.3) is 5.91 Å². The van der Waals surface area contributed by atoms with E-state index in [9.17, 15) is 4.79 Å². The maximum Gasteiger partial charge on any atom is 0.255 e. The molecule has 2 aromatic rings. The molecule has 108 valence electrons. The third-order valence-corrected chi connectivity index (χ3v) is 3.15. The first-order chi connectivity index (χ1) is 10.1. The number of benzene rings is 1. The Kier molecular flexibility index (Phi) is 5.12. The fourth-order valence-electron chi connectivity index (χ4n) is 1.72. The first-order valence-electron chi connectivity index (χ1n) is 6.76. The van der Waals surface area contributed by atoms with E-state index in [1.165, 1.54) is 0 Å². The maximum absolute atomic E-state index is 12.1. The second-order valence-electron chi connectivity index (χ2n) is 5.02. The lowest BCUT2D eigenvalue weighted by molar-refractivity contribution is 0.102. The Labute approximate surface area is 129 Å². The van der Waals surface area contributed by atoms with Gasteiger partial charge in [-0.15, -0.1) is 0 Å².